The standard InChI is InChI=1S/C12H14N2O3S/c1-14-8-4-5-10(14)9-13-18(16,17)12-7-3-2-6-11(12)15/h2-8,13,15H,9H2,1H3. The Kier molecular flexibility index (Phi) is 3.40. The molecule has 6 heteroatoms. The summed E-state index contributed by atoms with van der Waals surface area (Å²) in [5.41, 5.74) is 0.842. The van der Waals surface area contributed by atoms with E-state index < -0.39 is 10.0 Å². The first-order chi connectivity index (χ1) is 8.50. The molecule has 1 aromatic heterocycles. The quantitative estimate of drug-likeness (QED) is 0.873. The molecule has 0 unspecified atom stereocenters. The molecule has 2 N–H and O–H groups in total. The number of sulfonamides is 1. The van der Waals surface area contributed by atoms with Crippen LogP contribution in [0.25, 0.3) is 0 Å². The van der Waals surface area contributed by atoms with Gasteiger partial charge in [0, 0.05) is 18.9 Å². The number of hydrogen-bond acceptors (Lipinski definition) is 3. The molecule has 0 atom stereocenters. The summed E-state index contributed by atoms with van der Waals surface area (Å²) in [6, 6.07) is 9.51. The number of phenolic OH excluding ortho intramolecular Hbond substituents is 1. The maximum absolute atomic E-state index is 12.0. The Morgan fingerprint density at radius 2 is 1.94 bits per heavy atom. The van der Waals surface area contributed by atoms with E-state index >= 15 is 0 Å². The van der Waals surface area contributed by atoms with Gasteiger partial charge in [0.2, 0.25) is 10.0 Å². The van der Waals surface area contributed by atoms with Crippen LogP contribution in [0.2, 0.25) is 0 Å². The summed E-state index contributed by atoms with van der Waals surface area (Å²) in [7, 11) is -1.86. The largest absolute Gasteiger partial charge is 0.507 e. The van der Waals surface area contributed by atoms with Gasteiger partial charge in [0.25, 0.3) is 0 Å². The maximum atomic E-state index is 12.0. The van der Waals surface area contributed by atoms with Crippen LogP contribution in [0.15, 0.2) is 47.5 Å². The van der Waals surface area contributed by atoms with Gasteiger partial charge in [-0.25, -0.2) is 13.1 Å². The number of aryl methyl sites for hydroxylation is 1. The lowest BCUT2D eigenvalue weighted by atomic mass is 10.3. The van der Waals surface area contributed by atoms with Crippen LogP contribution in [0.5, 0.6) is 5.75 Å². The Balaban J connectivity index is 2.19. The first kappa shape index (κ1) is 12.7. The second-order valence-corrected chi connectivity index (χ2v) is 5.64. The smallest absolute Gasteiger partial charge is 0.244 e. The molecule has 0 aliphatic carbocycles. The van der Waals surface area contributed by atoms with Crippen LogP contribution in [0.4, 0.5) is 0 Å². The molecule has 0 saturated heterocycles. The number of nitrogens with one attached hydrogen (secondary N) is 1. The van der Waals surface area contributed by atoms with Crippen LogP contribution in [0.3, 0.4) is 0 Å². The third-order valence-electron chi connectivity index (χ3n) is 2.65. The van der Waals surface area contributed by atoms with Crippen molar-refractivity contribution in [3.8, 4) is 5.75 Å². The molecule has 18 heavy (non-hydrogen) atoms. The van der Waals surface area contributed by atoms with Gasteiger partial charge in [0.05, 0.1) is 6.54 Å². The number of rotatable bonds is 4. The zero-order chi connectivity index (χ0) is 13.2. The zero-order valence-corrected chi connectivity index (χ0v) is 10.7. The van der Waals surface area contributed by atoms with Gasteiger partial charge in [-0.05, 0) is 24.3 Å². The monoisotopic (exact) mass is 266 g/mol. The highest BCUT2D eigenvalue weighted by atomic mass is 32.2. The fourth-order valence-corrected chi connectivity index (χ4v) is 2.71. The lowest BCUT2D eigenvalue weighted by Crippen LogP contribution is -2.24. The van der Waals surface area contributed by atoms with E-state index in [2.05, 4.69) is 4.72 Å². The van der Waals surface area contributed by atoms with Gasteiger partial charge in [0.15, 0.2) is 0 Å². The Morgan fingerprint density at radius 1 is 1.22 bits per heavy atom. The number of aromatic nitrogens is 1. The molecule has 0 radical (unpaired) electrons. The Bertz CT molecular complexity index is 647. The Labute approximate surface area is 106 Å². The van der Waals surface area contributed by atoms with Gasteiger partial charge in [-0.1, -0.05) is 12.1 Å². The molecular weight excluding hydrogens is 252 g/mol. The lowest BCUT2D eigenvalue weighted by molar-refractivity contribution is 0.458. The van der Waals surface area contributed by atoms with Gasteiger partial charge in [-0.15, -0.1) is 0 Å². The van der Waals surface area contributed by atoms with Gasteiger partial charge in [-0.2, -0.15) is 0 Å². The van der Waals surface area contributed by atoms with Crippen LogP contribution in [-0.2, 0) is 23.6 Å². The summed E-state index contributed by atoms with van der Waals surface area (Å²) in [5, 5.41) is 9.53. The average Bonchev–Trinajstić information content (AvgIpc) is 2.73. The summed E-state index contributed by atoms with van der Waals surface area (Å²) >= 11 is 0. The summed E-state index contributed by atoms with van der Waals surface area (Å²) in [6.07, 6.45) is 1.84. The molecule has 2 aromatic rings. The van der Waals surface area contributed by atoms with Gasteiger partial charge in [0.1, 0.15) is 10.6 Å². The molecule has 1 heterocycles. The molecular formula is C12H14N2O3S. The highest BCUT2D eigenvalue weighted by Gasteiger charge is 2.17. The van der Waals surface area contributed by atoms with E-state index in [-0.39, 0.29) is 17.2 Å². The van der Waals surface area contributed by atoms with Crippen LogP contribution < -0.4 is 4.72 Å². The fraction of sp³-hybridized carbons (Fsp3) is 0.167. The van der Waals surface area contributed by atoms with Crippen molar-refractivity contribution >= 4 is 10.0 Å². The first-order valence-corrected chi connectivity index (χ1v) is 6.87. The molecule has 2 rings (SSSR count). The van der Waals surface area contributed by atoms with Crippen LogP contribution in [0, 0.1) is 0 Å². The van der Waals surface area contributed by atoms with E-state index in [9.17, 15) is 13.5 Å². The molecule has 0 amide bonds. The van der Waals surface area contributed by atoms with Crippen LogP contribution >= 0.6 is 0 Å². The Morgan fingerprint density at radius 3 is 2.56 bits per heavy atom. The van der Waals surface area contributed by atoms with E-state index in [4.69, 9.17) is 0 Å². The number of phenols is 1. The predicted molar refractivity (Wildman–Crippen MR) is 67.5 cm³/mol. The third-order valence-corrected chi connectivity index (χ3v) is 4.10. The van der Waals surface area contributed by atoms with Crippen LogP contribution in [-0.4, -0.2) is 18.1 Å². The lowest BCUT2D eigenvalue weighted by Gasteiger charge is -2.08. The first-order valence-electron chi connectivity index (χ1n) is 5.38. The minimum Gasteiger partial charge on any atom is -0.507 e. The highest BCUT2D eigenvalue weighted by molar-refractivity contribution is 7.89. The molecule has 0 fully saturated rings. The summed E-state index contributed by atoms with van der Waals surface area (Å²) < 4.78 is 28.2. The van der Waals surface area contributed by atoms with Crippen molar-refractivity contribution < 1.29 is 13.5 Å². The molecule has 5 nitrogen and oxygen atoms in total. The van der Waals surface area contributed by atoms with Gasteiger partial charge in [-0.3, -0.25) is 0 Å². The van der Waals surface area contributed by atoms with E-state index in [1.54, 1.807) is 12.1 Å². The topological polar surface area (TPSA) is 71.3 Å². The van der Waals surface area contributed by atoms with Gasteiger partial charge >= 0.3 is 0 Å². The number of para-hydroxylation sites is 1. The fourth-order valence-electron chi connectivity index (χ4n) is 1.61. The molecule has 0 saturated carbocycles. The van der Waals surface area contributed by atoms with E-state index in [1.165, 1.54) is 12.1 Å². The van der Waals surface area contributed by atoms with Crippen molar-refractivity contribution in [2.75, 3.05) is 0 Å². The summed E-state index contributed by atoms with van der Waals surface area (Å²) in [4.78, 5) is -0.112. The predicted octanol–water partition coefficient (Wildman–Crippen LogP) is 1.21. The summed E-state index contributed by atoms with van der Waals surface area (Å²) in [5.74, 6) is -0.253. The van der Waals surface area contributed by atoms with Crippen molar-refractivity contribution in [2.45, 2.75) is 11.4 Å². The number of hydrogen-bond donors (Lipinski definition) is 2. The van der Waals surface area contributed by atoms with Crippen molar-refractivity contribution in [3.05, 3.63) is 48.3 Å². The summed E-state index contributed by atoms with van der Waals surface area (Å²) in [6.45, 7) is 0.181. The minimum atomic E-state index is -3.70. The van der Waals surface area contributed by atoms with Crippen molar-refractivity contribution in [3.63, 3.8) is 0 Å². The van der Waals surface area contributed by atoms with Crippen molar-refractivity contribution in [1.82, 2.24) is 9.29 Å². The normalized spacial score (nSPS) is 11.6. The molecule has 0 aliphatic rings. The maximum Gasteiger partial charge on any atom is 0.244 e. The van der Waals surface area contributed by atoms with Crippen molar-refractivity contribution in [2.24, 2.45) is 7.05 Å². The SMILES string of the molecule is Cn1cccc1CNS(=O)(=O)c1ccccc1O. The highest BCUT2D eigenvalue weighted by Crippen LogP contribution is 2.21. The van der Waals surface area contributed by atoms with E-state index in [0.717, 1.165) is 5.69 Å². The molecule has 96 valence electrons. The van der Waals surface area contributed by atoms with Crippen LogP contribution in [0.1, 0.15) is 5.69 Å². The van der Waals surface area contributed by atoms with Crippen molar-refractivity contribution in [1.29, 1.82) is 0 Å². The second kappa shape index (κ2) is 4.83. The third kappa shape index (κ3) is 2.55. The number of nitrogens with zero attached hydrogens (tertiary/aromatic N) is 1. The average molecular weight is 266 g/mol. The van der Waals surface area contributed by atoms with E-state index in [0.29, 0.717) is 0 Å². The Hall–Kier alpha value is -1.79. The number of benzene rings is 1. The van der Waals surface area contributed by atoms with Gasteiger partial charge < -0.3 is 9.67 Å². The molecule has 1 aromatic carbocycles. The second-order valence-electron chi connectivity index (χ2n) is 3.90. The van der Waals surface area contributed by atoms with E-state index in [1.807, 2.05) is 29.9 Å². The molecule has 0 bridgehead atoms. The molecule has 0 spiro atoms. The zero-order valence-electron chi connectivity index (χ0n) is 9.87. The minimum absolute atomic E-state index is 0.112. The number of aromatic hydroxyl groups is 1. The molecule has 0 aliphatic heterocycles.